The molecule has 0 spiro atoms. The molecular weight excluding hydrogens is 703 g/mol. The topological polar surface area (TPSA) is 18.1 Å². The van der Waals surface area contributed by atoms with Crippen LogP contribution in [0.15, 0.2) is 132 Å². The highest BCUT2D eigenvalue weighted by Crippen LogP contribution is 2.63. The zero-order chi connectivity index (χ0) is 37.7. The third-order valence-electron chi connectivity index (χ3n) is 17.1. The summed E-state index contributed by atoms with van der Waals surface area (Å²) in [6.45, 7) is 0. The van der Waals surface area contributed by atoms with Crippen molar-refractivity contribution in [3.05, 3.63) is 139 Å². The van der Waals surface area contributed by atoms with E-state index in [-0.39, 0.29) is 0 Å². The molecule has 0 amide bonds. The minimum atomic E-state index is 0.365. The average molecular weight is 754 g/mol. The molecule has 8 aliphatic carbocycles. The third-order valence-corrected chi connectivity index (χ3v) is 17.1. The van der Waals surface area contributed by atoms with Crippen LogP contribution >= 0.6 is 0 Å². The van der Waals surface area contributed by atoms with E-state index in [2.05, 4.69) is 132 Å². The maximum Gasteiger partial charge on any atom is 0.143 e. The molecule has 8 fully saturated rings. The largest absolute Gasteiger partial charge is 0.455 e. The molecule has 2 nitrogen and oxygen atoms in total. The highest BCUT2D eigenvalue weighted by Gasteiger charge is 2.53. The molecule has 0 saturated heterocycles. The molecule has 0 N–H and O–H groups in total. The van der Waals surface area contributed by atoms with Gasteiger partial charge in [0.25, 0.3) is 0 Å². The summed E-state index contributed by atoms with van der Waals surface area (Å²) in [7, 11) is 0. The smallest absolute Gasteiger partial charge is 0.143 e. The van der Waals surface area contributed by atoms with Gasteiger partial charge in [-0.25, -0.2) is 0 Å². The van der Waals surface area contributed by atoms with Gasteiger partial charge in [-0.15, -0.1) is 0 Å². The molecule has 6 aromatic carbocycles. The lowest BCUT2D eigenvalue weighted by atomic mass is 9.48. The van der Waals surface area contributed by atoms with E-state index in [1.165, 1.54) is 132 Å². The van der Waals surface area contributed by atoms with Crippen LogP contribution in [0, 0.1) is 35.5 Å². The SMILES string of the molecule is c1ccc(-c2cccc3c2oc2ccccc23)c(-c2ccccc2-n2c3ccc(C45CC6CC(CC(C6)C4)C5)cc3c3cc(C45CC6CC(CC(C6)C4)C5)ccc32)c1. The Morgan fingerprint density at radius 2 is 0.845 bits per heavy atom. The van der Waals surface area contributed by atoms with E-state index in [0.29, 0.717) is 10.8 Å². The van der Waals surface area contributed by atoms with E-state index >= 15 is 0 Å². The molecule has 0 atom stereocenters. The zero-order valence-corrected chi connectivity index (χ0v) is 33.4. The van der Waals surface area contributed by atoms with Crippen LogP contribution in [0.5, 0.6) is 0 Å². The Labute approximate surface area is 341 Å². The lowest BCUT2D eigenvalue weighted by Crippen LogP contribution is -2.48. The van der Waals surface area contributed by atoms with E-state index < -0.39 is 0 Å². The molecular formula is C56H51NO. The first-order chi connectivity index (χ1) is 28.6. The predicted molar refractivity (Wildman–Crippen MR) is 239 cm³/mol. The van der Waals surface area contributed by atoms with Crippen LogP contribution in [-0.2, 0) is 10.8 Å². The van der Waals surface area contributed by atoms with Crippen molar-refractivity contribution in [2.45, 2.75) is 87.9 Å². The van der Waals surface area contributed by atoms with Gasteiger partial charge in [0.2, 0.25) is 0 Å². The van der Waals surface area contributed by atoms with E-state index in [4.69, 9.17) is 4.42 Å². The molecule has 8 aromatic rings. The predicted octanol–water partition coefficient (Wildman–Crippen LogP) is 15.0. The first-order valence-corrected chi connectivity index (χ1v) is 22.8. The lowest BCUT2D eigenvalue weighted by molar-refractivity contribution is -0.00528. The summed E-state index contributed by atoms with van der Waals surface area (Å²) < 4.78 is 9.27. The number of aromatic nitrogens is 1. The summed E-state index contributed by atoms with van der Waals surface area (Å²) >= 11 is 0. The maximum atomic E-state index is 6.64. The summed E-state index contributed by atoms with van der Waals surface area (Å²) in [4.78, 5) is 0. The van der Waals surface area contributed by atoms with Crippen LogP contribution in [0.25, 0.3) is 71.7 Å². The number of hydrogen-bond acceptors (Lipinski definition) is 1. The van der Waals surface area contributed by atoms with Crippen LogP contribution in [0.2, 0.25) is 0 Å². The van der Waals surface area contributed by atoms with Crippen LogP contribution in [-0.4, -0.2) is 4.57 Å². The van der Waals surface area contributed by atoms with Crippen LogP contribution in [0.3, 0.4) is 0 Å². The Balaban J connectivity index is 0.984. The molecule has 16 rings (SSSR count). The summed E-state index contributed by atoms with van der Waals surface area (Å²) in [6, 6.07) is 48.9. The van der Waals surface area contributed by atoms with E-state index in [9.17, 15) is 0 Å². The minimum Gasteiger partial charge on any atom is -0.455 e. The van der Waals surface area contributed by atoms with Crippen molar-refractivity contribution in [3.8, 4) is 27.9 Å². The van der Waals surface area contributed by atoms with Crippen LogP contribution in [0.1, 0.15) is 88.2 Å². The summed E-state index contributed by atoms with van der Waals surface area (Å²) in [5.41, 5.74) is 14.7. The fourth-order valence-corrected chi connectivity index (χ4v) is 15.7. The highest BCUT2D eigenvalue weighted by molar-refractivity contribution is 6.12. The van der Waals surface area contributed by atoms with Crippen molar-refractivity contribution < 1.29 is 4.42 Å². The van der Waals surface area contributed by atoms with E-state index in [1.54, 1.807) is 11.1 Å². The van der Waals surface area contributed by atoms with Crippen molar-refractivity contribution in [1.29, 1.82) is 0 Å². The number of fused-ring (bicyclic) bond motifs is 6. The number of para-hydroxylation sites is 3. The van der Waals surface area contributed by atoms with Gasteiger partial charge < -0.3 is 8.98 Å². The van der Waals surface area contributed by atoms with Crippen molar-refractivity contribution in [3.63, 3.8) is 0 Å². The van der Waals surface area contributed by atoms with Crippen molar-refractivity contribution in [2.24, 2.45) is 35.5 Å². The second-order valence-electron chi connectivity index (χ2n) is 20.5. The minimum absolute atomic E-state index is 0.365. The number of furan rings is 1. The maximum absolute atomic E-state index is 6.64. The molecule has 0 unspecified atom stereocenters. The first-order valence-electron chi connectivity index (χ1n) is 22.8. The van der Waals surface area contributed by atoms with Gasteiger partial charge in [0.05, 0.1) is 16.7 Å². The lowest BCUT2D eigenvalue weighted by Gasteiger charge is -2.57. The van der Waals surface area contributed by atoms with Crippen LogP contribution < -0.4 is 0 Å². The normalized spacial score (nSPS) is 30.8. The summed E-state index contributed by atoms with van der Waals surface area (Å²) in [5.74, 6) is 5.60. The standard InChI is InChI=1S/C56H51NO/c1-2-9-43(46-12-7-13-47-45-11-4-6-15-53(45)58-54(46)47)42(8-1)44-10-3-5-14-50(44)57-51-18-16-40(55-28-34-20-35(29-55)22-36(21-34)30-55)26-48(51)49-27-41(17-19-52(49)57)56-31-37-23-38(32-56)25-39(24-37)33-56/h1-19,26-27,34-39H,20-25,28-33H2. The van der Waals surface area contributed by atoms with Gasteiger partial charge in [0.1, 0.15) is 11.2 Å². The first kappa shape index (κ1) is 32.8. The van der Waals surface area contributed by atoms with Gasteiger partial charge in [0, 0.05) is 32.7 Å². The van der Waals surface area contributed by atoms with Gasteiger partial charge in [-0.05, 0) is 182 Å². The van der Waals surface area contributed by atoms with Crippen molar-refractivity contribution in [1.82, 2.24) is 4.57 Å². The highest BCUT2D eigenvalue weighted by atomic mass is 16.3. The monoisotopic (exact) mass is 753 g/mol. The third kappa shape index (κ3) is 4.61. The molecule has 8 bridgehead atoms. The Bertz CT molecular complexity index is 2820. The van der Waals surface area contributed by atoms with Crippen molar-refractivity contribution >= 4 is 43.7 Å². The molecule has 286 valence electrons. The van der Waals surface area contributed by atoms with Gasteiger partial charge >= 0.3 is 0 Å². The van der Waals surface area contributed by atoms with Crippen LogP contribution in [0.4, 0.5) is 0 Å². The average Bonchev–Trinajstić information content (AvgIpc) is 3.78. The number of nitrogens with zero attached hydrogens (tertiary/aromatic N) is 1. The van der Waals surface area contributed by atoms with Gasteiger partial charge in [0.15, 0.2) is 0 Å². The molecule has 58 heavy (non-hydrogen) atoms. The molecule has 2 heterocycles. The summed E-state index contributed by atoms with van der Waals surface area (Å²) in [5, 5.41) is 5.27. The Kier molecular flexibility index (Phi) is 6.67. The van der Waals surface area contributed by atoms with Gasteiger partial charge in [-0.3, -0.25) is 0 Å². The molecule has 8 saturated carbocycles. The summed E-state index contributed by atoms with van der Waals surface area (Å²) in [6.07, 6.45) is 17.3. The Morgan fingerprint density at radius 3 is 1.41 bits per heavy atom. The zero-order valence-electron chi connectivity index (χ0n) is 33.4. The fourth-order valence-electron chi connectivity index (χ4n) is 15.7. The number of rotatable bonds is 5. The fraction of sp³-hybridized carbons (Fsp3) is 0.357. The molecule has 0 aliphatic heterocycles. The van der Waals surface area contributed by atoms with E-state index in [0.717, 1.165) is 52.2 Å². The van der Waals surface area contributed by atoms with Gasteiger partial charge in [-0.1, -0.05) is 91.0 Å². The second-order valence-corrected chi connectivity index (χ2v) is 20.5. The van der Waals surface area contributed by atoms with E-state index in [1.807, 2.05) is 0 Å². The Morgan fingerprint density at radius 1 is 0.397 bits per heavy atom. The number of benzene rings is 6. The molecule has 0 radical (unpaired) electrons. The van der Waals surface area contributed by atoms with Gasteiger partial charge in [-0.2, -0.15) is 0 Å². The molecule has 2 heteroatoms. The second kappa shape index (κ2) is 11.8. The van der Waals surface area contributed by atoms with Crippen molar-refractivity contribution in [2.75, 3.05) is 0 Å². The quantitative estimate of drug-likeness (QED) is 0.171. The molecule has 8 aliphatic rings. The number of hydrogen-bond donors (Lipinski definition) is 0. The Hall–Kier alpha value is -5.08. The molecule has 2 aromatic heterocycles.